The van der Waals surface area contributed by atoms with E-state index in [2.05, 4.69) is 21.3 Å². The number of hydrogen-bond donors (Lipinski definition) is 5. The molecule has 0 radical (unpaired) electrons. The van der Waals surface area contributed by atoms with Gasteiger partial charge in [0.25, 0.3) is 5.91 Å². The van der Waals surface area contributed by atoms with Crippen LogP contribution in [-0.4, -0.2) is 66.0 Å². The van der Waals surface area contributed by atoms with Crippen molar-refractivity contribution in [3.05, 3.63) is 102 Å². The van der Waals surface area contributed by atoms with Gasteiger partial charge in [-0.25, -0.2) is 4.79 Å². The Kier molecular flexibility index (Phi) is 10.8. The molecule has 4 rings (SSSR count). The highest BCUT2D eigenvalue weighted by Gasteiger charge is 2.30. The van der Waals surface area contributed by atoms with E-state index in [4.69, 9.17) is 4.74 Å². The zero-order valence-corrected chi connectivity index (χ0v) is 23.5. The summed E-state index contributed by atoms with van der Waals surface area (Å²) in [5.41, 5.74) is 1.67. The van der Waals surface area contributed by atoms with Crippen LogP contribution in [0.1, 0.15) is 34.3 Å². The van der Waals surface area contributed by atoms with Crippen LogP contribution < -0.4 is 26.0 Å². The first-order chi connectivity index (χ1) is 20.8. The minimum Gasteiger partial charge on any atom is -0.493 e. The van der Waals surface area contributed by atoms with Crippen LogP contribution >= 0.6 is 0 Å². The number of hydrogen-bond acceptors (Lipinski definition) is 6. The average molecular weight is 587 g/mol. The van der Waals surface area contributed by atoms with E-state index in [0.29, 0.717) is 6.42 Å². The number of carbonyl (C=O) groups excluding carboxylic acids is 4. The van der Waals surface area contributed by atoms with Crippen molar-refractivity contribution >= 4 is 29.6 Å². The van der Waals surface area contributed by atoms with E-state index in [9.17, 15) is 29.1 Å². The Hall–Kier alpha value is -5.19. The van der Waals surface area contributed by atoms with Crippen molar-refractivity contribution < 1.29 is 33.8 Å². The molecule has 1 heterocycles. The fraction of sp³-hybridized carbons (Fsp3) is 0.281. The van der Waals surface area contributed by atoms with Crippen molar-refractivity contribution in [2.45, 2.75) is 43.8 Å². The molecule has 0 fully saturated rings. The maximum Gasteiger partial charge on any atom is 0.326 e. The van der Waals surface area contributed by atoms with E-state index in [1.807, 2.05) is 36.4 Å². The summed E-state index contributed by atoms with van der Waals surface area (Å²) in [5.74, 6) is -3.69. The quantitative estimate of drug-likeness (QED) is 0.303. The highest BCUT2D eigenvalue weighted by molar-refractivity contribution is 6.00. The van der Waals surface area contributed by atoms with E-state index in [-0.39, 0.29) is 37.3 Å². The summed E-state index contributed by atoms with van der Waals surface area (Å²) in [7, 11) is 0. The molecule has 4 amide bonds. The predicted octanol–water partition coefficient (Wildman–Crippen LogP) is 1.61. The van der Waals surface area contributed by atoms with Crippen LogP contribution in [0.15, 0.2) is 84.9 Å². The zero-order chi connectivity index (χ0) is 30.6. The van der Waals surface area contributed by atoms with Gasteiger partial charge in [-0.1, -0.05) is 72.8 Å². The van der Waals surface area contributed by atoms with Crippen LogP contribution in [0.3, 0.4) is 0 Å². The Morgan fingerprint density at radius 1 is 0.744 bits per heavy atom. The van der Waals surface area contributed by atoms with Gasteiger partial charge in [0, 0.05) is 19.4 Å². The molecule has 3 aromatic rings. The first-order valence-corrected chi connectivity index (χ1v) is 14.0. The Morgan fingerprint density at radius 2 is 1.33 bits per heavy atom. The van der Waals surface area contributed by atoms with Gasteiger partial charge in [-0.2, -0.15) is 0 Å². The van der Waals surface area contributed by atoms with Crippen LogP contribution in [0.2, 0.25) is 0 Å². The van der Waals surface area contributed by atoms with Crippen molar-refractivity contribution in [1.29, 1.82) is 0 Å². The lowest BCUT2D eigenvalue weighted by atomic mass is 10.0. The third kappa shape index (κ3) is 9.15. The van der Waals surface area contributed by atoms with Crippen molar-refractivity contribution in [2.75, 3.05) is 13.2 Å². The molecular weight excluding hydrogens is 552 g/mol. The smallest absolute Gasteiger partial charge is 0.326 e. The molecule has 43 heavy (non-hydrogen) atoms. The molecule has 5 N–H and O–H groups in total. The molecular formula is C32H34N4O7. The van der Waals surface area contributed by atoms with Crippen molar-refractivity contribution in [2.24, 2.45) is 0 Å². The highest BCUT2D eigenvalue weighted by atomic mass is 16.5. The number of rotatable bonds is 5. The fourth-order valence-corrected chi connectivity index (χ4v) is 4.63. The fourth-order valence-electron chi connectivity index (χ4n) is 4.63. The summed E-state index contributed by atoms with van der Waals surface area (Å²) in [6.45, 7) is 0.393. The molecule has 0 bridgehead atoms. The van der Waals surface area contributed by atoms with E-state index >= 15 is 0 Å². The molecule has 0 unspecified atom stereocenters. The number of ether oxygens (including phenoxy) is 1. The highest BCUT2D eigenvalue weighted by Crippen LogP contribution is 2.18. The monoisotopic (exact) mass is 586 g/mol. The second-order valence-electron chi connectivity index (χ2n) is 10.1. The molecule has 1 aliphatic rings. The lowest BCUT2D eigenvalue weighted by Gasteiger charge is -2.24. The van der Waals surface area contributed by atoms with Gasteiger partial charge in [0.05, 0.1) is 18.6 Å². The van der Waals surface area contributed by atoms with Gasteiger partial charge >= 0.3 is 5.97 Å². The Labute approximate surface area is 249 Å². The van der Waals surface area contributed by atoms with Crippen LogP contribution in [0.25, 0.3) is 0 Å². The number of amides is 4. The number of aliphatic carboxylic acids is 1. The summed E-state index contributed by atoms with van der Waals surface area (Å²) in [4.78, 5) is 65.0. The van der Waals surface area contributed by atoms with Crippen molar-refractivity contribution in [3.8, 4) is 5.75 Å². The van der Waals surface area contributed by atoms with Gasteiger partial charge in [-0.05, 0) is 29.7 Å². The zero-order valence-electron chi connectivity index (χ0n) is 23.5. The van der Waals surface area contributed by atoms with Crippen molar-refractivity contribution in [3.63, 3.8) is 0 Å². The lowest BCUT2D eigenvalue weighted by molar-refractivity contribution is -0.141. The largest absolute Gasteiger partial charge is 0.493 e. The van der Waals surface area contributed by atoms with Crippen LogP contribution in [-0.2, 0) is 32.0 Å². The van der Waals surface area contributed by atoms with Crippen LogP contribution in [0, 0.1) is 0 Å². The van der Waals surface area contributed by atoms with Gasteiger partial charge in [-0.3, -0.25) is 19.2 Å². The van der Waals surface area contributed by atoms with Gasteiger partial charge in [0.1, 0.15) is 23.9 Å². The normalized spacial score (nSPS) is 20.5. The molecule has 3 aromatic carbocycles. The summed E-state index contributed by atoms with van der Waals surface area (Å²) in [5, 5.41) is 20.4. The predicted molar refractivity (Wildman–Crippen MR) is 157 cm³/mol. The Morgan fingerprint density at radius 3 is 1.95 bits per heavy atom. The standard InChI is InChI=1S/C32H34N4O7/c37-28-20-26(32(41)42)36-29(38)23-14-7-8-15-27(23)43-17-9-16-33-30(39)24(18-21-10-3-1-4-11-21)35-31(40)25(34-28)19-22-12-5-2-6-13-22/h1-8,10-15,24-26H,9,16-20H2,(H,33,39)(H,34,37)(H,35,40)(H,36,38)(H,41,42)/t24-,25-,26-/m0/s1. The Bertz CT molecular complexity index is 1430. The maximum absolute atomic E-state index is 13.6. The van der Waals surface area contributed by atoms with E-state index < -0.39 is 54.1 Å². The van der Waals surface area contributed by atoms with Gasteiger partial charge in [0.15, 0.2) is 0 Å². The molecule has 11 heteroatoms. The second-order valence-corrected chi connectivity index (χ2v) is 10.1. The Balaban J connectivity index is 1.63. The number of para-hydroxylation sites is 1. The van der Waals surface area contributed by atoms with E-state index in [1.165, 1.54) is 6.07 Å². The lowest BCUT2D eigenvalue weighted by Crippen LogP contribution is -2.56. The summed E-state index contributed by atoms with van der Waals surface area (Å²) >= 11 is 0. The van der Waals surface area contributed by atoms with E-state index in [0.717, 1.165) is 11.1 Å². The molecule has 11 nitrogen and oxygen atoms in total. The molecule has 0 aromatic heterocycles. The molecule has 224 valence electrons. The first kappa shape index (κ1) is 30.8. The third-order valence-corrected chi connectivity index (χ3v) is 6.85. The summed E-state index contributed by atoms with van der Waals surface area (Å²) in [6.07, 6.45) is 0.0725. The molecule has 0 spiro atoms. The number of fused-ring (bicyclic) bond motifs is 1. The van der Waals surface area contributed by atoms with Crippen LogP contribution in [0.5, 0.6) is 5.75 Å². The molecule has 0 aliphatic carbocycles. The summed E-state index contributed by atoms with van der Waals surface area (Å²) in [6, 6.07) is 20.9. The van der Waals surface area contributed by atoms with Gasteiger partial charge in [-0.15, -0.1) is 0 Å². The third-order valence-electron chi connectivity index (χ3n) is 6.85. The van der Waals surface area contributed by atoms with Gasteiger partial charge in [0.2, 0.25) is 17.7 Å². The molecule has 1 aliphatic heterocycles. The topological polar surface area (TPSA) is 163 Å². The minimum atomic E-state index is -1.57. The second kappa shape index (κ2) is 15.2. The maximum atomic E-state index is 13.6. The molecule has 0 saturated carbocycles. The number of carbonyl (C=O) groups is 5. The minimum absolute atomic E-state index is 0.0902. The molecule has 0 saturated heterocycles. The summed E-state index contributed by atoms with van der Waals surface area (Å²) < 4.78 is 5.76. The number of benzene rings is 3. The first-order valence-electron chi connectivity index (χ1n) is 14.0. The number of carboxylic acid groups (broad SMARTS) is 1. The van der Waals surface area contributed by atoms with E-state index in [1.54, 1.807) is 42.5 Å². The van der Waals surface area contributed by atoms with Gasteiger partial charge < -0.3 is 31.1 Å². The molecule has 3 atom stereocenters. The average Bonchev–Trinajstić information content (AvgIpc) is 3.00. The van der Waals surface area contributed by atoms with Crippen molar-refractivity contribution in [1.82, 2.24) is 21.3 Å². The number of carboxylic acids is 1. The SMILES string of the molecule is O=C1C[C@@H](C(=O)O)NC(=O)c2ccccc2OCCCNC(=O)[C@H](Cc2ccccc2)NC(=O)[C@H](Cc2ccccc2)N1. The number of nitrogens with one attached hydrogen (secondary N) is 4. The van der Waals surface area contributed by atoms with Crippen LogP contribution in [0.4, 0.5) is 0 Å².